The summed E-state index contributed by atoms with van der Waals surface area (Å²) in [6.07, 6.45) is 2.07. The lowest BCUT2D eigenvalue weighted by Gasteiger charge is -1.90. The zero-order valence-electron chi connectivity index (χ0n) is 8.62. The molecule has 0 radical (unpaired) electrons. The van der Waals surface area contributed by atoms with Gasteiger partial charge in [0.05, 0.1) is 12.1 Å². The van der Waals surface area contributed by atoms with Gasteiger partial charge in [0, 0.05) is 5.39 Å². The summed E-state index contributed by atoms with van der Waals surface area (Å²) in [6, 6.07) is 6.36. The molecule has 2 N–H and O–H groups in total. The van der Waals surface area contributed by atoms with E-state index in [9.17, 15) is 0 Å². The smallest absolute Gasteiger partial charge is 0.270 e. The van der Waals surface area contributed by atoms with E-state index in [4.69, 9.17) is 0 Å². The van der Waals surface area contributed by atoms with E-state index >= 15 is 0 Å². The highest BCUT2D eigenvalue weighted by Gasteiger charge is 2.18. The Morgan fingerprint density at radius 3 is 3.13 bits per heavy atom. The second-order valence-electron chi connectivity index (χ2n) is 3.83. The van der Waals surface area contributed by atoms with Gasteiger partial charge in [0.25, 0.3) is 0 Å². The average Bonchev–Trinajstić information content (AvgIpc) is 2.84. The molecule has 2 aromatic rings. The molecule has 4 heteroatoms. The Kier molecular flexibility index (Phi) is 1.74. The van der Waals surface area contributed by atoms with Crippen molar-refractivity contribution in [3.63, 3.8) is 0 Å². The van der Waals surface area contributed by atoms with Gasteiger partial charge in [-0.05, 0) is 19.1 Å². The van der Waals surface area contributed by atoms with Crippen LogP contribution in [0.2, 0.25) is 0 Å². The number of hydrogen-bond donors (Lipinski definition) is 2. The predicted molar refractivity (Wildman–Crippen MR) is 58.9 cm³/mol. The van der Waals surface area contributed by atoms with Crippen molar-refractivity contribution in [2.75, 3.05) is 13.1 Å². The van der Waals surface area contributed by atoms with Gasteiger partial charge in [-0.15, -0.1) is 9.67 Å². The maximum Gasteiger partial charge on any atom is 0.408 e. The van der Waals surface area contributed by atoms with Crippen molar-refractivity contribution in [2.24, 2.45) is 4.99 Å². The van der Waals surface area contributed by atoms with E-state index in [-0.39, 0.29) is 0 Å². The lowest BCUT2D eigenvalue weighted by atomic mass is 10.2. The molecule has 0 spiro atoms. The Hall–Kier alpha value is -1.84. The SMILES string of the molecule is Cc1ccc2[nH][n+](C3=NCCN3)cc2c1. The number of aromatic amines is 1. The first-order valence-electron chi connectivity index (χ1n) is 5.13. The first kappa shape index (κ1) is 8.47. The highest BCUT2D eigenvalue weighted by molar-refractivity contribution is 5.80. The third-order valence-electron chi connectivity index (χ3n) is 2.60. The predicted octanol–water partition coefficient (Wildman–Crippen LogP) is 0.571. The zero-order valence-corrected chi connectivity index (χ0v) is 8.62. The third-order valence-corrected chi connectivity index (χ3v) is 2.60. The van der Waals surface area contributed by atoms with Gasteiger partial charge < -0.3 is 0 Å². The minimum atomic E-state index is 0.858. The van der Waals surface area contributed by atoms with Crippen LogP contribution >= 0.6 is 0 Å². The van der Waals surface area contributed by atoms with Crippen LogP contribution in [0.3, 0.4) is 0 Å². The molecular formula is C11H13N4+. The van der Waals surface area contributed by atoms with Crippen molar-refractivity contribution in [2.45, 2.75) is 6.92 Å². The van der Waals surface area contributed by atoms with Gasteiger partial charge in [-0.25, -0.2) is 5.10 Å². The molecule has 0 fully saturated rings. The van der Waals surface area contributed by atoms with Crippen LogP contribution in [0.4, 0.5) is 0 Å². The fourth-order valence-electron chi connectivity index (χ4n) is 1.85. The van der Waals surface area contributed by atoms with Crippen LogP contribution in [0, 0.1) is 6.92 Å². The minimum Gasteiger partial charge on any atom is -0.270 e. The summed E-state index contributed by atoms with van der Waals surface area (Å²) in [5, 5.41) is 7.73. The van der Waals surface area contributed by atoms with E-state index in [1.165, 1.54) is 10.9 Å². The lowest BCUT2D eigenvalue weighted by molar-refractivity contribution is -0.618. The average molecular weight is 201 g/mol. The van der Waals surface area contributed by atoms with Crippen molar-refractivity contribution < 1.29 is 4.68 Å². The molecule has 15 heavy (non-hydrogen) atoms. The van der Waals surface area contributed by atoms with Gasteiger partial charge in [-0.3, -0.25) is 5.32 Å². The standard InChI is InChI=1S/C11H12N4/c1-8-2-3-10-9(6-8)7-15(14-10)11-12-4-5-13-11/h2-3,6-7H,4-5H2,1H3,(H,12,13)/p+1. The van der Waals surface area contributed by atoms with Crippen LogP contribution in [0.25, 0.3) is 10.9 Å². The molecule has 1 aliphatic heterocycles. The number of benzene rings is 1. The topological polar surface area (TPSA) is 44.1 Å². The number of rotatable bonds is 0. The summed E-state index contributed by atoms with van der Waals surface area (Å²) in [4.78, 5) is 4.36. The molecule has 1 aromatic heterocycles. The normalized spacial score (nSPS) is 15.4. The summed E-state index contributed by atoms with van der Waals surface area (Å²) in [7, 11) is 0. The first-order valence-corrected chi connectivity index (χ1v) is 5.13. The molecule has 4 nitrogen and oxygen atoms in total. The molecule has 2 heterocycles. The van der Waals surface area contributed by atoms with Gasteiger partial charge in [0.1, 0.15) is 12.7 Å². The monoisotopic (exact) mass is 201 g/mol. The van der Waals surface area contributed by atoms with Gasteiger partial charge in [-0.2, -0.15) is 0 Å². The number of fused-ring (bicyclic) bond motifs is 1. The molecule has 76 valence electrons. The second-order valence-corrected chi connectivity index (χ2v) is 3.83. The van der Waals surface area contributed by atoms with Gasteiger partial charge >= 0.3 is 5.96 Å². The van der Waals surface area contributed by atoms with Gasteiger partial charge in [0.15, 0.2) is 0 Å². The lowest BCUT2D eigenvalue weighted by Crippen LogP contribution is -2.50. The highest BCUT2D eigenvalue weighted by atomic mass is 15.4. The van der Waals surface area contributed by atoms with Crippen molar-refractivity contribution in [3.05, 3.63) is 30.0 Å². The Bertz CT molecular complexity index is 539. The largest absolute Gasteiger partial charge is 0.408 e. The molecule has 0 saturated heterocycles. The maximum absolute atomic E-state index is 4.36. The molecule has 0 saturated carbocycles. The van der Waals surface area contributed by atoms with Crippen LogP contribution in [0.15, 0.2) is 29.4 Å². The molecule has 0 amide bonds. The highest BCUT2D eigenvalue weighted by Crippen LogP contribution is 2.10. The van der Waals surface area contributed by atoms with Crippen LogP contribution in [-0.2, 0) is 0 Å². The number of nitrogens with one attached hydrogen (secondary N) is 2. The van der Waals surface area contributed by atoms with E-state index in [1.54, 1.807) is 0 Å². The van der Waals surface area contributed by atoms with Crippen LogP contribution in [0.5, 0.6) is 0 Å². The maximum atomic E-state index is 4.36. The molecule has 3 rings (SSSR count). The Morgan fingerprint density at radius 2 is 2.33 bits per heavy atom. The van der Waals surface area contributed by atoms with Crippen LogP contribution < -0.4 is 10.00 Å². The summed E-state index contributed by atoms with van der Waals surface area (Å²) in [6.45, 7) is 3.88. The van der Waals surface area contributed by atoms with Crippen molar-refractivity contribution in [1.29, 1.82) is 0 Å². The number of aliphatic imine (C=N–C) groups is 1. The fraction of sp³-hybridized carbons (Fsp3) is 0.273. The third kappa shape index (κ3) is 1.38. The van der Waals surface area contributed by atoms with Crippen LogP contribution in [-0.4, -0.2) is 24.1 Å². The van der Waals surface area contributed by atoms with E-state index in [1.807, 2.05) is 4.68 Å². The molecule has 0 atom stereocenters. The molecular weight excluding hydrogens is 188 g/mol. The molecule has 1 aromatic carbocycles. The van der Waals surface area contributed by atoms with E-state index in [0.29, 0.717) is 0 Å². The van der Waals surface area contributed by atoms with Crippen molar-refractivity contribution in [3.8, 4) is 0 Å². The Morgan fingerprint density at radius 1 is 1.40 bits per heavy atom. The van der Waals surface area contributed by atoms with Gasteiger partial charge in [0.2, 0.25) is 0 Å². The fourth-order valence-corrected chi connectivity index (χ4v) is 1.85. The molecule has 0 aliphatic carbocycles. The van der Waals surface area contributed by atoms with E-state index in [2.05, 4.69) is 46.7 Å². The number of H-pyrrole nitrogens is 1. The Balaban J connectivity index is 2.13. The molecule has 0 bridgehead atoms. The second kappa shape index (κ2) is 3.08. The Labute approximate surface area is 87.6 Å². The number of aromatic nitrogens is 2. The summed E-state index contributed by atoms with van der Waals surface area (Å²) < 4.78 is 1.94. The van der Waals surface area contributed by atoms with E-state index in [0.717, 1.165) is 24.6 Å². The minimum absolute atomic E-state index is 0.858. The van der Waals surface area contributed by atoms with Gasteiger partial charge in [-0.1, -0.05) is 11.6 Å². The van der Waals surface area contributed by atoms with Crippen LogP contribution in [0.1, 0.15) is 5.56 Å². The zero-order chi connectivity index (χ0) is 10.3. The number of nitrogens with zero attached hydrogens (tertiary/aromatic N) is 2. The van der Waals surface area contributed by atoms with Crippen molar-refractivity contribution >= 4 is 16.9 Å². The summed E-state index contributed by atoms with van der Waals surface area (Å²) >= 11 is 0. The van der Waals surface area contributed by atoms with Crippen molar-refractivity contribution in [1.82, 2.24) is 10.4 Å². The number of hydrogen-bond acceptors (Lipinski definition) is 2. The number of aryl methyl sites for hydroxylation is 1. The molecule has 0 unspecified atom stereocenters. The summed E-state index contributed by atoms with van der Waals surface area (Å²) in [5.41, 5.74) is 2.41. The summed E-state index contributed by atoms with van der Waals surface area (Å²) in [5.74, 6) is 0.906. The quantitative estimate of drug-likeness (QED) is 0.601. The van der Waals surface area contributed by atoms with E-state index < -0.39 is 0 Å². The molecule has 1 aliphatic rings. The first-order chi connectivity index (χ1) is 7.33.